The molecule has 3 unspecified atom stereocenters. The molecule has 0 aliphatic heterocycles. The highest BCUT2D eigenvalue weighted by atomic mass is 16.4. The number of carboxylic acids is 1. The van der Waals surface area contributed by atoms with Gasteiger partial charge >= 0.3 is 5.97 Å². The van der Waals surface area contributed by atoms with Gasteiger partial charge in [0.1, 0.15) is 0 Å². The molecule has 2 aliphatic rings. The van der Waals surface area contributed by atoms with E-state index in [1.165, 1.54) is 0 Å². The molecule has 2 bridgehead atoms. The lowest BCUT2D eigenvalue weighted by atomic mass is 9.40. The molecule has 2 nitrogen and oxygen atoms in total. The van der Waals surface area contributed by atoms with Crippen molar-refractivity contribution in [2.45, 2.75) is 75.7 Å². The van der Waals surface area contributed by atoms with E-state index in [-0.39, 0.29) is 27.1 Å². The topological polar surface area (TPSA) is 37.3 Å². The van der Waals surface area contributed by atoms with Gasteiger partial charge in [-0.2, -0.15) is 0 Å². The van der Waals surface area contributed by atoms with Gasteiger partial charge < -0.3 is 5.11 Å². The van der Waals surface area contributed by atoms with Crippen molar-refractivity contribution in [2.24, 2.45) is 38.4 Å². The highest BCUT2D eigenvalue weighted by Gasteiger charge is 2.82. The summed E-state index contributed by atoms with van der Waals surface area (Å²) in [4.78, 5) is 12.0. The summed E-state index contributed by atoms with van der Waals surface area (Å²) in [6.07, 6.45) is 1.01. The van der Waals surface area contributed by atoms with Crippen molar-refractivity contribution < 1.29 is 9.90 Å². The second-order valence-corrected chi connectivity index (χ2v) is 10.2. The third kappa shape index (κ3) is 1.31. The Labute approximate surface area is 130 Å². The quantitative estimate of drug-likeness (QED) is 0.758. The predicted molar refractivity (Wildman–Crippen MR) is 87.1 cm³/mol. The van der Waals surface area contributed by atoms with Gasteiger partial charge in [-0.25, -0.2) is 0 Å². The van der Waals surface area contributed by atoms with Crippen LogP contribution in [-0.2, 0) is 4.79 Å². The van der Waals surface area contributed by atoms with Gasteiger partial charge in [0, 0.05) is 0 Å². The second kappa shape index (κ2) is 3.68. The van der Waals surface area contributed by atoms with E-state index < -0.39 is 11.4 Å². The van der Waals surface area contributed by atoms with Crippen LogP contribution in [0.1, 0.15) is 75.7 Å². The molecule has 0 amide bonds. The Morgan fingerprint density at radius 3 is 1.67 bits per heavy atom. The second-order valence-electron chi connectivity index (χ2n) is 10.2. The molecule has 2 heteroatoms. The smallest absolute Gasteiger partial charge is 0.309 e. The zero-order valence-electron chi connectivity index (χ0n) is 15.6. The third-order valence-corrected chi connectivity index (χ3v) is 9.52. The molecule has 0 saturated heterocycles. The maximum atomic E-state index is 12.0. The van der Waals surface area contributed by atoms with Gasteiger partial charge in [-0.15, -0.1) is 0 Å². The van der Waals surface area contributed by atoms with Crippen molar-refractivity contribution in [3.05, 3.63) is 0 Å². The molecule has 2 fully saturated rings. The monoisotopic (exact) mass is 294 g/mol. The van der Waals surface area contributed by atoms with Crippen molar-refractivity contribution >= 4 is 5.97 Å². The van der Waals surface area contributed by atoms with Gasteiger partial charge in [0.05, 0.1) is 5.41 Å². The van der Waals surface area contributed by atoms with Crippen molar-refractivity contribution in [3.63, 3.8) is 0 Å². The SMILES string of the molecule is CC(C)(C(=O)O)C1(C)CC2C(C)(C)C(C)(C)C1(C)C2(C)C. The molecule has 0 aromatic rings. The van der Waals surface area contributed by atoms with Crippen LogP contribution < -0.4 is 0 Å². The molecule has 21 heavy (non-hydrogen) atoms. The van der Waals surface area contributed by atoms with Crippen LogP contribution in [0.2, 0.25) is 0 Å². The van der Waals surface area contributed by atoms with Crippen LogP contribution in [0, 0.1) is 38.4 Å². The number of carbonyl (C=O) groups is 1. The molecule has 3 atom stereocenters. The Bertz CT molecular complexity index is 498. The normalized spacial score (nSPS) is 43.0. The molecule has 0 heterocycles. The van der Waals surface area contributed by atoms with Crippen LogP contribution in [0.5, 0.6) is 0 Å². The molecule has 0 radical (unpaired) electrons. The first-order valence-electron chi connectivity index (χ1n) is 8.27. The van der Waals surface area contributed by atoms with Crippen molar-refractivity contribution in [3.8, 4) is 0 Å². The number of hydrogen-bond donors (Lipinski definition) is 1. The van der Waals surface area contributed by atoms with Gasteiger partial charge in [-0.05, 0) is 53.3 Å². The minimum atomic E-state index is -0.721. The summed E-state index contributed by atoms with van der Waals surface area (Å²) in [5.74, 6) is -0.114. The van der Waals surface area contributed by atoms with Gasteiger partial charge in [0.25, 0.3) is 0 Å². The number of fused-ring (bicyclic) bond motifs is 2. The van der Waals surface area contributed by atoms with Crippen LogP contribution in [0.25, 0.3) is 0 Å². The lowest BCUT2D eigenvalue weighted by Gasteiger charge is -2.63. The maximum Gasteiger partial charge on any atom is 0.309 e. The average molecular weight is 294 g/mol. The Balaban J connectivity index is 2.78. The zero-order valence-corrected chi connectivity index (χ0v) is 15.6. The first-order valence-corrected chi connectivity index (χ1v) is 8.27. The summed E-state index contributed by atoms with van der Waals surface area (Å²) in [6, 6.07) is 0. The predicted octanol–water partition coefficient (Wildman–Crippen LogP) is 5.22. The average Bonchev–Trinajstić information content (AvgIpc) is 2.51. The summed E-state index contributed by atoms with van der Waals surface area (Å²) in [5, 5.41) is 9.88. The van der Waals surface area contributed by atoms with E-state index in [0.717, 1.165) is 6.42 Å². The van der Waals surface area contributed by atoms with E-state index in [1.807, 2.05) is 13.8 Å². The Kier molecular flexibility index (Phi) is 2.95. The van der Waals surface area contributed by atoms with E-state index in [9.17, 15) is 9.90 Å². The van der Waals surface area contributed by atoms with Crippen LogP contribution in [0.3, 0.4) is 0 Å². The number of hydrogen-bond acceptors (Lipinski definition) is 1. The van der Waals surface area contributed by atoms with Gasteiger partial charge in [-0.1, -0.05) is 55.4 Å². The summed E-state index contributed by atoms with van der Waals surface area (Å²) >= 11 is 0. The maximum absolute atomic E-state index is 12.0. The molecular weight excluding hydrogens is 260 g/mol. The lowest BCUT2D eigenvalue weighted by molar-refractivity contribution is -0.189. The Hall–Kier alpha value is -0.530. The van der Waals surface area contributed by atoms with Gasteiger partial charge in [0.2, 0.25) is 0 Å². The molecule has 122 valence electrons. The molecule has 2 rings (SSSR count). The summed E-state index contributed by atoms with van der Waals surface area (Å²) in [7, 11) is 0. The first kappa shape index (κ1) is 16.8. The summed E-state index contributed by atoms with van der Waals surface area (Å²) in [5.41, 5.74) is -0.502. The van der Waals surface area contributed by atoms with Crippen LogP contribution in [-0.4, -0.2) is 11.1 Å². The third-order valence-electron chi connectivity index (χ3n) is 9.52. The number of carboxylic acid groups (broad SMARTS) is 1. The minimum Gasteiger partial charge on any atom is -0.481 e. The largest absolute Gasteiger partial charge is 0.481 e. The molecule has 0 spiro atoms. The molecule has 0 aromatic carbocycles. The zero-order chi connectivity index (χ0) is 16.9. The molecular formula is C19H34O2. The highest BCUT2D eigenvalue weighted by Crippen LogP contribution is 2.87. The first-order chi connectivity index (χ1) is 9.03. The molecule has 0 aromatic heterocycles. The van der Waals surface area contributed by atoms with Crippen molar-refractivity contribution in [1.82, 2.24) is 0 Å². The Morgan fingerprint density at radius 1 is 0.952 bits per heavy atom. The summed E-state index contributed by atoms with van der Waals surface area (Å²) in [6.45, 7) is 22.7. The van der Waals surface area contributed by atoms with E-state index >= 15 is 0 Å². The fraction of sp³-hybridized carbons (Fsp3) is 0.947. The van der Waals surface area contributed by atoms with Gasteiger partial charge in [0.15, 0.2) is 0 Å². The van der Waals surface area contributed by atoms with Gasteiger partial charge in [-0.3, -0.25) is 4.79 Å². The highest BCUT2D eigenvalue weighted by molar-refractivity contribution is 5.75. The number of aliphatic carboxylic acids is 1. The van der Waals surface area contributed by atoms with E-state index in [4.69, 9.17) is 0 Å². The van der Waals surface area contributed by atoms with Crippen LogP contribution >= 0.6 is 0 Å². The van der Waals surface area contributed by atoms with E-state index in [0.29, 0.717) is 5.92 Å². The van der Waals surface area contributed by atoms with Crippen LogP contribution in [0.4, 0.5) is 0 Å². The van der Waals surface area contributed by atoms with E-state index in [1.54, 1.807) is 0 Å². The fourth-order valence-corrected chi connectivity index (χ4v) is 6.78. The number of rotatable bonds is 2. The molecule has 1 N–H and O–H groups in total. The van der Waals surface area contributed by atoms with E-state index in [2.05, 4.69) is 55.4 Å². The minimum absolute atomic E-state index is 0.0247. The standard InChI is InChI=1S/C19H34O2/c1-14(2)12-11-18(9,16(5,6)13(20)21)19(10,15(12,3)4)17(14,7)8/h12H,11H2,1-10H3,(H,20,21). The molecule has 2 aliphatic carbocycles. The van der Waals surface area contributed by atoms with Crippen molar-refractivity contribution in [1.29, 1.82) is 0 Å². The van der Waals surface area contributed by atoms with Crippen molar-refractivity contribution in [2.75, 3.05) is 0 Å². The fourth-order valence-electron chi connectivity index (χ4n) is 6.78. The summed E-state index contributed by atoms with van der Waals surface area (Å²) < 4.78 is 0. The Morgan fingerprint density at radius 2 is 1.38 bits per heavy atom. The van der Waals surface area contributed by atoms with Crippen LogP contribution in [0.15, 0.2) is 0 Å². The molecule has 2 saturated carbocycles. The lowest BCUT2D eigenvalue weighted by Crippen LogP contribution is -2.60.